The molecule has 19 heavy (non-hydrogen) atoms. The van der Waals surface area contributed by atoms with Crippen LogP contribution in [0.1, 0.15) is 30.4 Å². The van der Waals surface area contributed by atoms with E-state index in [9.17, 15) is 5.11 Å². The molecule has 0 aliphatic carbocycles. The summed E-state index contributed by atoms with van der Waals surface area (Å²) in [6.45, 7) is 0.666. The highest BCUT2D eigenvalue weighted by atomic mass is 16.3. The Kier molecular flexibility index (Phi) is 4.72. The normalized spacial score (nSPS) is 11.5. The van der Waals surface area contributed by atoms with E-state index in [4.69, 9.17) is 5.73 Å². The van der Waals surface area contributed by atoms with E-state index in [1.807, 2.05) is 60.7 Å². The van der Waals surface area contributed by atoms with Crippen molar-refractivity contribution in [2.45, 2.75) is 24.9 Å². The Morgan fingerprint density at radius 3 is 1.68 bits per heavy atom. The number of aliphatic hydroxyl groups is 1. The largest absolute Gasteiger partial charge is 0.380 e. The first-order chi connectivity index (χ1) is 9.27. The summed E-state index contributed by atoms with van der Waals surface area (Å²) in [6, 6.07) is 19.7. The van der Waals surface area contributed by atoms with Crippen LogP contribution in [0.25, 0.3) is 0 Å². The zero-order chi connectivity index (χ0) is 13.6. The Bertz CT molecular complexity index is 442. The van der Waals surface area contributed by atoms with E-state index in [-0.39, 0.29) is 0 Å². The van der Waals surface area contributed by atoms with Crippen LogP contribution in [0, 0.1) is 0 Å². The second-order valence-electron chi connectivity index (χ2n) is 4.84. The minimum atomic E-state index is -0.919. The van der Waals surface area contributed by atoms with Crippen molar-refractivity contribution in [3.63, 3.8) is 0 Å². The highest BCUT2D eigenvalue weighted by Crippen LogP contribution is 2.34. The van der Waals surface area contributed by atoms with E-state index in [1.54, 1.807) is 0 Å². The average Bonchev–Trinajstić information content (AvgIpc) is 2.49. The molecule has 2 aromatic rings. The third-order valence-corrected chi connectivity index (χ3v) is 3.50. The number of rotatable bonds is 6. The summed E-state index contributed by atoms with van der Waals surface area (Å²) >= 11 is 0. The Hall–Kier alpha value is -1.64. The lowest BCUT2D eigenvalue weighted by atomic mass is 9.82. The third-order valence-electron chi connectivity index (χ3n) is 3.50. The highest BCUT2D eigenvalue weighted by molar-refractivity contribution is 5.35. The summed E-state index contributed by atoms with van der Waals surface area (Å²) in [4.78, 5) is 0. The maximum atomic E-state index is 11.1. The van der Waals surface area contributed by atoms with Gasteiger partial charge in [-0.25, -0.2) is 0 Å². The molecule has 0 heterocycles. The Balaban J connectivity index is 2.33. The topological polar surface area (TPSA) is 46.2 Å². The van der Waals surface area contributed by atoms with E-state index >= 15 is 0 Å². The summed E-state index contributed by atoms with van der Waals surface area (Å²) in [6.07, 6.45) is 2.54. The first-order valence-corrected chi connectivity index (χ1v) is 6.81. The van der Waals surface area contributed by atoms with Crippen LogP contribution in [0.5, 0.6) is 0 Å². The molecule has 2 heteroatoms. The minimum absolute atomic E-state index is 0.666. The van der Waals surface area contributed by atoms with Gasteiger partial charge in [0.2, 0.25) is 0 Å². The standard InChI is InChI=1S/C17H21NO/c18-14-8-7-13-17(19,15-9-3-1-4-10-15)16-11-5-2-6-12-16/h1-6,9-12,19H,7-8,13-14,18H2. The fraction of sp³-hybridized carbons (Fsp3) is 0.294. The smallest absolute Gasteiger partial charge is 0.115 e. The maximum Gasteiger partial charge on any atom is 0.115 e. The fourth-order valence-corrected chi connectivity index (χ4v) is 2.41. The monoisotopic (exact) mass is 255 g/mol. The Labute approximate surface area is 114 Å². The summed E-state index contributed by atoms with van der Waals surface area (Å²) < 4.78 is 0. The summed E-state index contributed by atoms with van der Waals surface area (Å²) in [7, 11) is 0. The van der Waals surface area contributed by atoms with Crippen LogP contribution in [0.4, 0.5) is 0 Å². The number of unbranched alkanes of at least 4 members (excludes halogenated alkanes) is 1. The predicted molar refractivity (Wildman–Crippen MR) is 78.8 cm³/mol. The van der Waals surface area contributed by atoms with Gasteiger partial charge in [-0.2, -0.15) is 0 Å². The van der Waals surface area contributed by atoms with E-state index in [2.05, 4.69) is 0 Å². The van der Waals surface area contributed by atoms with Crippen molar-refractivity contribution in [1.29, 1.82) is 0 Å². The molecule has 2 nitrogen and oxygen atoms in total. The van der Waals surface area contributed by atoms with Gasteiger partial charge >= 0.3 is 0 Å². The van der Waals surface area contributed by atoms with Gasteiger partial charge in [0.15, 0.2) is 0 Å². The molecule has 3 N–H and O–H groups in total. The molecule has 0 fully saturated rings. The summed E-state index contributed by atoms with van der Waals surface area (Å²) in [5.41, 5.74) is 6.52. The highest BCUT2D eigenvalue weighted by Gasteiger charge is 2.30. The van der Waals surface area contributed by atoms with Crippen molar-refractivity contribution in [2.24, 2.45) is 5.73 Å². The van der Waals surface area contributed by atoms with Gasteiger partial charge in [0.25, 0.3) is 0 Å². The molecule has 0 atom stereocenters. The molecule has 2 aromatic carbocycles. The summed E-state index contributed by atoms with van der Waals surface area (Å²) in [5.74, 6) is 0. The zero-order valence-electron chi connectivity index (χ0n) is 11.1. The zero-order valence-corrected chi connectivity index (χ0v) is 11.1. The molecule has 0 spiro atoms. The van der Waals surface area contributed by atoms with E-state index in [1.165, 1.54) is 0 Å². The van der Waals surface area contributed by atoms with Crippen LogP contribution in [-0.4, -0.2) is 11.7 Å². The van der Waals surface area contributed by atoms with Gasteiger partial charge in [-0.3, -0.25) is 0 Å². The molecule has 2 rings (SSSR count). The average molecular weight is 255 g/mol. The molecular weight excluding hydrogens is 234 g/mol. The molecule has 0 saturated heterocycles. The molecule has 0 saturated carbocycles. The quantitative estimate of drug-likeness (QED) is 0.779. The van der Waals surface area contributed by atoms with Crippen molar-refractivity contribution in [3.05, 3.63) is 71.8 Å². The summed E-state index contributed by atoms with van der Waals surface area (Å²) in [5, 5.41) is 11.1. The van der Waals surface area contributed by atoms with Crippen molar-refractivity contribution >= 4 is 0 Å². The van der Waals surface area contributed by atoms with Crippen LogP contribution < -0.4 is 5.73 Å². The first kappa shape index (κ1) is 13.8. The lowest BCUT2D eigenvalue weighted by Gasteiger charge is -2.29. The molecule has 0 aliphatic rings. The van der Waals surface area contributed by atoms with Crippen LogP contribution in [0.3, 0.4) is 0 Å². The van der Waals surface area contributed by atoms with Crippen molar-refractivity contribution in [3.8, 4) is 0 Å². The molecule has 0 amide bonds. The predicted octanol–water partition coefficient (Wildman–Crippen LogP) is 3.05. The molecule has 0 bridgehead atoms. The van der Waals surface area contributed by atoms with Crippen LogP contribution in [-0.2, 0) is 5.60 Å². The van der Waals surface area contributed by atoms with E-state index in [0.717, 1.165) is 24.0 Å². The second-order valence-corrected chi connectivity index (χ2v) is 4.84. The minimum Gasteiger partial charge on any atom is -0.380 e. The number of hydrogen-bond donors (Lipinski definition) is 2. The molecule has 0 radical (unpaired) electrons. The second kappa shape index (κ2) is 6.50. The molecule has 0 aromatic heterocycles. The Morgan fingerprint density at radius 1 is 0.789 bits per heavy atom. The SMILES string of the molecule is NCCCCC(O)(c1ccccc1)c1ccccc1. The third kappa shape index (κ3) is 3.22. The van der Waals surface area contributed by atoms with Gasteiger partial charge in [-0.15, -0.1) is 0 Å². The van der Waals surface area contributed by atoms with Gasteiger partial charge in [0, 0.05) is 0 Å². The van der Waals surface area contributed by atoms with Gasteiger partial charge in [0.05, 0.1) is 0 Å². The first-order valence-electron chi connectivity index (χ1n) is 6.81. The van der Waals surface area contributed by atoms with E-state index in [0.29, 0.717) is 13.0 Å². The van der Waals surface area contributed by atoms with E-state index < -0.39 is 5.60 Å². The molecule has 0 unspecified atom stereocenters. The number of benzene rings is 2. The molecule has 100 valence electrons. The van der Waals surface area contributed by atoms with Crippen LogP contribution >= 0.6 is 0 Å². The maximum absolute atomic E-state index is 11.1. The lowest BCUT2D eigenvalue weighted by molar-refractivity contribution is 0.0683. The van der Waals surface area contributed by atoms with Gasteiger partial charge in [0.1, 0.15) is 5.60 Å². The Morgan fingerprint density at radius 2 is 1.26 bits per heavy atom. The fourth-order valence-electron chi connectivity index (χ4n) is 2.41. The van der Waals surface area contributed by atoms with Crippen LogP contribution in [0.15, 0.2) is 60.7 Å². The van der Waals surface area contributed by atoms with Gasteiger partial charge in [-0.05, 0) is 36.9 Å². The van der Waals surface area contributed by atoms with Crippen molar-refractivity contribution < 1.29 is 5.11 Å². The van der Waals surface area contributed by atoms with Gasteiger partial charge < -0.3 is 10.8 Å². The van der Waals surface area contributed by atoms with Gasteiger partial charge in [-0.1, -0.05) is 60.7 Å². The number of hydrogen-bond acceptors (Lipinski definition) is 2. The molecule has 0 aliphatic heterocycles. The lowest BCUT2D eigenvalue weighted by Crippen LogP contribution is -2.27. The van der Waals surface area contributed by atoms with Crippen molar-refractivity contribution in [1.82, 2.24) is 0 Å². The van der Waals surface area contributed by atoms with Crippen LogP contribution in [0.2, 0.25) is 0 Å². The molecular formula is C17H21NO. The van der Waals surface area contributed by atoms with Crippen molar-refractivity contribution in [2.75, 3.05) is 6.54 Å². The number of nitrogens with two attached hydrogens (primary N) is 1.